The lowest BCUT2D eigenvalue weighted by atomic mass is 10.1. The Morgan fingerprint density at radius 1 is 1.45 bits per heavy atom. The topological polar surface area (TPSA) is 47.9 Å². The lowest BCUT2D eigenvalue weighted by Gasteiger charge is -2.39. The Balaban J connectivity index is 1.96. The number of fused-ring (bicyclic) bond motifs is 1. The molecule has 0 spiro atoms. The van der Waals surface area contributed by atoms with E-state index in [9.17, 15) is 4.79 Å². The van der Waals surface area contributed by atoms with E-state index in [1.54, 1.807) is 0 Å². The van der Waals surface area contributed by atoms with Crippen molar-refractivity contribution in [2.45, 2.75) is 6.04 Å². The highest BCUT2D eigenvalue weighted by atomic mass is 32.2. The number of nitrogens with one attached hydrogen (secondary N) is 1. The van der Waals surface area contributed by atoms with E-state index in [-0.39, 0.29) is 11.9 Å². The average molecular weight is 290 g/mol. The minimum absolute atomic E-state index is 0.00436. The maximum absolute atomic E-state index is 11.9. The van der Waals surface area contributed by atoms with Gasteiger partial charge in [0.25, 0.3) is 5.91 Å². The summed E-state index contributed by atoms with van der Waals surface area (Å²) in [6.07, 6.45) is 0. The molecule has 0 bridgehead atoms. The van der Waals surface area contributed by atoms with Crippen molar-refractivity contribution in [3.8, 4) is 0 Å². The first-order valence-electron chi connectivity index (χ1n) is 6.66. The molecule has 1 amide bonds. The van der Waals surface area contributed by atoms with Gasteiger partial charge in [-0.05, 0) is 12.1 Å². The number of anilines is 1. The van der Waals surface area contributed by atoms with Crippen LogP contribution in [0.25, 0.3) is 0 Å². The van der Waals surface area contributed by atoms with Crippen molar-refractivity contribution in [1.29, 1.82) is 0 Å². The van der Waals surface area contributed by atoms with E-state index in [4.69, 9.17) is 0 Å². The van der Waals surface area contributed by atoms with Gasteiger partial charge in [-0.3, -0.25) is 4.79 Å². The number of hydrogen-bond donors (Lipinski definition) is 1. The van der Waals surface area contributed by atoms with E-state index < -0.39 is 0 Å². The summed E-state index contributed by atoms with van der Waals surface area (Å²) in [7, 11) is 4.04. The van der Waals surface area contributed by atoms with Gasteiger partial charge in [0.15, 0.2) is 5.84 Å². The summed E-state index contributed by atoms with van der Waals surface area (Å²) in [5.41, 5.74) is 4.84. The van der Waals surface area contributed by atoms with Gasteiger partial charge in [-0.15, -0.1) is 0 Å². The molecule has 1 saturated heterocycles. The summed E-state index contributed by atoms with van der Waals surface area (Å²) in [5, 5.41) is 4.28. The first kappa shape index (κ1) is 13.3. The third-order valence-electron chi connectivity index (χ3n) is 3.60. The van der Waals surface area contributed by atoms with Crippen molar-refractivity contribution < 1.29 is 4.79 Å². The zero-order valence-corrected chi connectivity index (χ0v) is 12.5. The number of hydrazone groups is 1. The number of rotatable bonds is 2. The summed E-state index contributed by atoms with van der Waals surface area (Å²) >= 11 is 1.82. The van der Waals surface area contributed by atoms with E-state index in [1.165, 1.54) is 0 Å². The Morgan fingerprint density at radius 2 is 2.30 bits per heavy atom. The van der Waals surface area contributed by atoms with Gasteiger partial charge in [0, 0.05) is 43.4 Å². The molecule has 1 N–H and O–H groups in total. The molecule has 3 rings (SSSR count). The van der Waals surface area contributed by atoms with Crippen LogP contribution in [0.3, 0.4) is 0 Å². The van der Waals surface area contributed by atoms with Crippen LogP contribution in [0, 0.1) is 0 Å². The molecule has 0 saturated carbocycles. The summed E-state index contributed by atoms with van der Waals surface area (Å²) in [6.45, 7) is 0.869. The molecule has 6 heteroatoms. The van der Waals surface area contributed by atoms with Gasteiger partial charge in [-0.1, -0.05) is 12.1 Å². The van der Waals surface area contributed by atoms with Crippen LogP contribution in [0.4, 0.5) is 5.69 Å². The molecular formula is C14H18N4OS. The normalized spacial score (nSPS) is 21.9. The Morgan fingerprint density at radius 3 is 3.10 bits per heavy atom. The van der Waals surface area contributed by atoms with Crippen molar-refractivity contribution in [2.75, 3.05) is 37.0 Å². The van der Waals surface area contributed by atoms with Crippen molar-refractivity contribution in [1.82, 2.24) is 10.3 Å². The average Bonchev–Trinajstić information content (AvgIpc) is 2.48. The highest BCUT2D eigenvalue weighted by Gasteiger charge is 2.35. The van der Waals surface area contributed by atoms with Gasteiger partial charge >= 0.3 is 0 Å². The van der Waals surface area contributed by atoms with Crippen LogP contribution in [0.2, 0.25) is 0 Å². The molecule has 1 unspecified atom stereocenters. The zero-order chi connectivity index (χ0) is 14.1. The van der Waals surface area contributed by atoms with Gasteiger partial charge in [0.05, 0.1) is 0 Å². The van der Waals surface area contributed by atoms with Gasteiger partial charge in [0.2, 0.25) is 0 Å². The summed E-state index contributed by atoms with van der Waals surface area (Å²) in [6, 6.07) is 8.15. The molecule has 0 radical (unpaired) electrons. The van der Waals surface area contributed by atoms with Crippen LogP contribution in [0.5, 0.6) is 0 Å². The van der Waals surface area contributed by atoms with Gasteiger partial charge in [0.1, 0.15) is 6.04 Å². The maximum Gasteiger partial charge on any atom is 0.263 e. The van der Waals surface area contributed by atoms with Crippen LogP contribution in [-0.2, 0) is 4.79 Å². The highest BCUT2D eigenvalue weighted by Crippen LogP contribution is 2.23. The first-order valence-corrected chi connectivity index (χ1v) is 7.82. The fourth-order valence-electron chi connectivity index (χ4n) is 2.47. The standard InChI is InChI=1S/C14H18N4OS/c1-17(2)11-5-3-4-10(8-11)13-15-16-14(19)12-9-20-7-6-18(12)13/h3-5,8,12H,6-7,9H2,1-2H3,(H,16,19). The van der Waals surface area contributed by atoms with Crippen molar-refractivity contribution >= 4 is 29.2 Å². The van der Waals surface area contributed by atoms with Crippen molar-refractivity contribution in [3.05, 3.63) is 29.8 Å². The monoisotopic (exact) mass is 290 g/mol. The summed E-state index contributed by atoms with van der Waals surface area (Å²) < 4.78 is 0. The minimum atomic E-state index is -0.0933. The maximum atomic E-state index is 11.9. The highest BCUT2D eigenvalue weighted by molar-refractivity contribution is 7.99. The van der Waals surface area contributed by atoms with E-state index in [2.05, 4.69) is 32.5 Å². The molecule has 1 atom stereocenters. The Labute approximate surface area is 123 Å². The lowest BCUT2D eigenvalue weighted by Crippen LogP contribution is -2.57. The Bertz CT molecular complexity index is 558. The van der Waals surface area contributed by atoms with Crippen LogP contribution in [0.15, 0.2) is 29.4 Å². The number of amides is 1. The van der Waals surface area contributed by atoms with E-state index in [1.807, 2.05) is 38.0 Å². The largest absolute Gasteiger partial charge is 0.378 e. The third kappa shape index (κ3) is 2.35. The zero-order valence-electron chi connectivity index (χ0n) is 11.7. The molecule has 1 fully saturated rings. The molecule has 0 aromatic heterocycles. The lowest BCUT2D eigenvalue weighted by molar-refractivity contribution is -0.125. The van der Waals surface area contributed by atoms with Gasteiger partial charge < -0.3 is 9.80 Å². The minimum Gasteiger partial charge on any atom is -0.378 e. The third-order valence-corrected chi connectivity index (χ3v) is 4.62. The first-order chi connectivity index (χ1) is 9.66. The molecule has 1 aromatic rings. The number of benzene rings is 1. The predicted octanol–water partition coefficient (Wildman–Crippen LogP) is 0.961. The van der Waals surface area contributed by atoms with Crippen LogP contribution < -0.4 is 10.3 Å². The summed E-state index contributed by atoms with van der Waals surface area (Å²) in [4.78, 5) is 16.1. The van der Waals surface area contributed by atoms with Crippen LogP contribution >= 0.6 is 11.8 Å². The smallest absolute Gasteiger partial charge is 0.263 e. The van der Waals surface area contributed by atoms with Crippen LogP contribution in [0.1, 0.15) is 5.56 Å². The number of carbonyl (C=O) groups is 1. The number of thioether (sulfide) groups is 1. The quantitative estimate of drug-likeness (QED) is 0.881. The second kappa shape index (κ2) is 5.36. The number of amidine groups is 1. The van der Waals surface area contributed by atoms with Gasteiger partial charge in [-0.25, -0.2) is 5.43 Å². The molecule has 20 heavy (non-hydrogen) atoms. The second-order valence-corrected chi connectivity index (χ2v) is 6.29. The molecule has 2 aliphatic rings. The SMILES string of the molecule is CN(C)c1cccc(C2=NNC(=O)C3CSCCN23)c1. The van der Waals surface area contributed by atoms with Crippen LogP contribution in [-0.4, -0.2) is 54.8 Å². The number of nitrogens with zero attached hydrogens (tertiary/aromatic N) is 3. The molecule has 5 nitrogen and oxygen atoms in total. The van der Waals surface area contributed by atoms with Gasteiger partial charge in [-0.2, -0.15) is 16.9 Å². The second-order valence-electron chi connectivity index (χ2n) is 5.14. The fraction of sp³-hybridized carbons (Fsp3) is 0.429. The molecule has 1 aromatic carbocycles. The molecule has 106 valence electrons. The van der Waals surface area contributed by atoms with E-state index in [0.29, 0.717) is 0 Å². The summed E-state index contributed by atoms with van der Waals surface area (Å²) in [5.74, 6) is 2.75. The number of hydrogen-bond acceptors (Lipinski definition) is 5. The molecule has 0 aliphatic carbocycles. The fourth-order valence-corrected chi connectivity index (χ4v) is 3.52. The predicted molar refractivity (Wildman–Crippen MR) is 83.3 cm³/mol. The Hall–Kier alpha value is -1.69. The number of carbonyl (C=O) groups excluding carboxylic acids is 1. The molecular weight excluding hydrogens is 272 g/mol. The molecule has 2 aliphatic heterocycles. The van der Waals surface area contributed by atoms with Crippen molar-refractivity contribution in [2.24, 2.45) is 5.10 Å². The van der Waals surface area contributed by atoms with Crippen molar-refractivity contribution in [3.63, 3.8) is 0 Å². The van der Waals surface area contributed by atoms with E-state index >= 15 is 0 Å². The molecule has 2 heterocycles. The Kier molecular flexibility index (Phi) is 3.56. The van der Waals surface area contributed by atoms with E-state index in [0.717, 1.165) is 35.1 Å².